The molecule has 0 aliphatic carbocycles. The van der Waals surface area contributed by atoms with Crippen LogP contribution in [0.1, 0.15) is 0 Å². The molecule has 2 atom stereocenters. The van der Waals surface area contributed by atoms with Crippen LogP contribution in [-0.4, -0.2) is 52.6 Å². The summed E-state index contributed by atoms with van der Waals surface area (Å²) in [7, 11) is 2.22. The summed E-state index contributed by atoms with van der Waals surface area (Å²) in [6.07, 6.45) is 7.75. The van der Waals surface area contributed by atoms with Gasteiger partial charge in [0.1, 0.15) is 5.65 Å². The third-order valence-electron chi connectivity index (χ3n) is 5.32. The van der Waals surface area contributed by atoms with Gasteiger partial charge in [-0.3, -0.25) is 4.98 Å². The van der Waals surface area contributed by atoms with Gasteiger partial charge < -0.3 is 14.8 Å². The number of aromatic nitrogens is 3. The number of pyridine rings is 2. The Bertz CT molecular complexity index is 870. The summed E-state index contributed by atoms with van der Waals surface area (Å²) in [5.41, 5.74) is 4.40. The van der Waals surface area contributed by atoms with Crippen molar-refractivity contribution < 1.29 is 0 Å². The molecule has 2 fully saturated rings. The normalized spacial score (nSPS) is 24.0. The topological polar surface area (TPSA) is 48.1 Å². The van der Waals surface area contributed by atoms with E-state index in [9.17, 15) is 0 Å². The molecule has 2 aliphatic heterocycles. The van der Waals surface area contributed by atoms with Gasteiger partial charge in [-0.2, -0.15) is 0 Å². The van der Waals surface area contributed by atoms with E-state index in [2.05, 4.69) is 50.0 Å². The number of rotatable bonds is 2. The van der Waals surface area contributed by atoms with Crippen LogP contribution in [-0.2, 0) is 0 Å². The minimum absolute atomic E-state index is 0.719. The van der Waals surface area contributed by atoms with Gasteiger partial charge in [0.15, 0.2) is 0 Å². The molecule has 0 aromatic carbocycles. The first-order valence-electron chi connectivity index (χ1n) is 8.12. The number of likely N-dealkylation sites (tertiary alicyclic amines) is 1. The average Bonchev–Trinajstić information content (AvgIpc) is 3.18. The lowest BCUT2D eigenvalue weighted by Gasteiger charge is -2.40. The molecule has 5 rings (SSSR count). The largest absolute Gasteiger partial charge is 0.368 e. The fourth-order valence-electron chi connectivity index (χ4n) is 3.97. The monoisotopic (exact) mass is 305 g/mol. The first kappa shape index (κ1) is 13.1. The van der Waals surface area contributed by atoms with Crippen LogP contribution in [0, 0.1) is 5.92 Å². The molecule has 0 spiro atoms. The van der Waals surface area contributed by atoms with E-state index >= 15 is 0 Å². The predicted molar refractivity (Wildman–Crippen MR) is 91.4 cm³/mol. The van der Waals surface area contributed by atoms with Crippen molar-refractivity contribution in [3.8, 4) is 11.1 Å². The lowest BCUT2D eigenvalue weighted by atomic mass is 9.93. The Balaban J connectivity index is 1.48. The van der Waals surface area contributed by atoms with Crippen molar-refractivity contribution in [2.75, 3.05) is 31.6 Å². The molecule has 116 valence electrons. The SMILES string of the molecule is CN1C[C@H]2CN(c3cncc(-c4cnc5[nH]ccc5c4)c3)C[C@H]21. The van der Waals surface area contributed by atoms with E-state index in [1.54, 1.807) is 0 Å². The quantitative estimate of drug-likeness (QED) is 0.790. The fourth-order valence-corrected chi connectivity index (χ4v) is 3.97. The molecule has 0 radical (unpaired) electrons. The van der Waals surface area contributed by atoms with Crippen molar-refractivity contribution in [2.45, 2.75) is 6.04 Å². The zero-order valence-corrected chi connectivity index (χ0v) is 13.1. The van der Waals surface area contributed by atoms with Crippen LogP contribution < -0.4 is 4.90 Å². The number of anilines is 1. The van der Waals surface area contributed by atoms with E-state index in [4.69, 9.17) is 0 Å². The van der Waals surface area contributed by atoms with Crippen LogP contribution >= 0.6 is 0 Å². The van der Waals surface area contributed by atoms with E-state index in [1.807, 2.05) is 24.8 Å². The van der Waals surface area contributed by atoms with Gasteiger partial charge in [0.2, 0.25) is 0 Å². The molecule has 0 amide bonds. The third kappa shape index (κ3) is 2.04. The molecule has 3 aromatic heterocycles. The predicted octanol–water partition coefficient (Wildman–Crippen LogP) is 2.38. The minimum atomic E-state index is 0.719. The number of nitrogens with zero attached hydrogens (tertiary/aromatic N) is 4. The molecule has 2 aliphatic rings. The first-order chi connectivity index (χ1) is 11.3. The van der Waals surface area contributed by atoms with Gasteiger partial charge in [-0.05, 0) is 25.2 Å². The maximum Gasteiger partial charge on any atom is 0.137 e. The Morgan fingerprint density at radius 2 is 2.00 bits per heavy atom. The minimum Gasteiger partial charge on any atom is -0.368 e. The van der Waals surface area contributed by atoms with Crippen LogP contribution in [0.3, 0.4) is 0 Å². The first-order valence-corrected chi connectivity index (χ1v) is 8.12. The molecule has 0 unspecified atom stereocenters. The highest BCUT2D eigenvalue weighted by molar-refractivity contribution is 5.81. The van der Waals surface area contributed by atoms with Crippen LogP contribution in [0.5, 0.6) is 0 Å². The Morgan fingerprint density at radius 3 is 2.87 bits per heavy atom. The lowest BCUT2D eigenvalue weighted by Crippen LogP contribution is -2.52. The fraction of sp³-hybridized carbons (Fsp3) is 0.333. The van der Waals surface area contributed by atoms with E-state index < -0.39 is 0 Å². The van der Waals surface area contributed by atoms with Gasteiger partial charge in [-0.25, -0.2) is 4.98 Å². The van der Waals surface area contributed by atoms with Crippen molar-refractivity contribution >= 4 is 16.7 Å². The number of hydrogen-bond acceptors (Lipinski definition) is 4. The van der Waals surface area contributed by atoms with Gasteiger partial charge in [0.25, 0.3) is 0 Å². The van der Waals surface area contributed by atoms with Gasteiger partial charge in [0, 0.05) is 66.7 Å². The van der Waals surface area contributed by atoms with E-state index in [0.717, 1.165) is 47.2 Å². The maximum absolute atomic E-state index is 4.49. The van der Waals surface area contributed by atoms with Crippen molar-refractivity contribution in [3.63, 3.8) is 0 Å². The van der Waals surface area contributed by atoms with Crippen molar-refractivity contribution in [1.82, 2.24) is 19.9 Å². The second kappa shape index (κ2) is 4.80. The Labute approximate surface area is 135 Å². The highest BCUT2D eigenvalue weighted by Gasteiger charge is 2.43. The Hall–Kier alpha value is -2.40. The number of hydrogen-bond donors (Lipinski definition) is 1. The van der Waals surface area contributed by atoms with Gasteiger partial charge >= 0.3 is 0 Å². The molecular formula is C18H19N5. The molecule has 5 heterocycles. The number of fused-ring (bicyclic) bond motifs is 2. The van der Waals surface area contributed by atoms with Gasteiger partial charge in [0.05, 0.1) is 11.9 Å². The number of likely N-dealkylation sites (N-methyl/N-ethyl adjacent to an activating group) is 1. The molecule has 0 bridgehead atoms. The van der Waals surface area contributed by atoms with Crippen LogP contribution in [0.2, 0.25) is 0 Å². The molecule has 2 saturated heterocycles. The van der Waals surface area contributed by atoms with Gasteiger partial charge in [-0.15, -0.1) is 0 Å². The van der Waals surface area contributed by atoms with Crippen molar-refractivity contribution in [2.24, 2.45) is 5.92 Å². The number of nitrogens with one attached hydrogen (secondary N) is 1. The Morgan fingerprint density at radius 1 is 1.09 bits per heavy atom. The molecule has 3 aromatic rings. The average molecular weight is 305 g/mol. The number of H-pyrrole nitrogens is 1. The highest BCUT2D eigenvalue weighted by Crippen LogP contribution is 2.34. The zero-order valence-electron chi connectivity index (χ0n) is 13.1. The summed E-state index contributed by atoms with van der Waals surface area (Å²) < 4.78 is 0. The van der Waals surface area contributed by atoms with E-state index in [0.29, 0.717) is 0 Å². The molecule has 1 N–H and O–H groups in total. The Kier molecular flexibility index (Phi) is 2.73. The number of aromatic amines is 1. The van der Waals surface area contributed by atoms with Crippen molar-refractivity contribution in [3.05, 3.63) is 43.0 Å². The summed E-state index contributed by atoms with van der Waals surface area (Å²) in [6.45, 7) is 3.49. The van der Waals surface area contributed by atoms with E-state index in [1.165, 1.54) is 12.2 Å². The van der Waals surface area contributed by atoms with Crippen LogP contribution in [0.4, 0.5) is 5.69 Å². The second-order valence-corrected chi connectivity index (χ2v) is 6.74. The van der Waals surface area contributed by atoms with Crippen molar-refractivity contribution in [1.29, 1.82) is 0 Å². The molecule has 23 heavy (non-hydrogen) atoms. The van der Waals surface area contributed by atoms with E-state index in [-0.39, 0.29) is 0 Å². The summed E-state index contributed by atoms with van der Waals surface area (Å²) in [4.78, 5) is 17.0. The molecular weight excluding hydrogens is 286 g/mol. The molecule has 5 nitrogen and oxygen atoms in total. The summed E-state index contributed by atoms with van der Waals surface area (Å²) in [5, 5.41) is 1.13. The van der Waals surface area contributed by atoms with Crippen LogP contribution in [0.25, 0.3) is 22.2 Å². The lowest BCUT2D eigenvalue weighted by molar-refractivity contribution is 0.0827. The highest BCUT2D eigenvalue weighted by atomic mass is 15.3. The standard InChI is InChI=1S/C18H19N5/c1-22-9-15-10-23(11-17(15)22)16-5-14(6-19-8-16)13-4-12-2-3-20-18(12)21-7-13/h2-8,15,17H,9-11H2,1H3,(H,20,21)/t15-,17+/m0/s1. The van der Waals surface area contributed by atoms with Gasteiger partial charge in [-0.1, -0.05) is 0 Å². The second-order valence-electron chi connectivity index (χ2n) is 6.74. The molecule has 5 heteroatoms. The molecule has 0 saturated carbocycles. The summed E-state index contributed by atoms with van der Waals surface area (Å²) >= 11 is 0. The zero-order chi connectivity index (χ0) is 15.4. The maximum atomic E-state index is 4.49. The summed E-state index contributed by atoms with van der Waals surface area (Å²) in [5.74, 6) is 0.821. The smallest absolute Gasteiger partial charge is 0.137 e. The van der Waals surface area contributed by atoms with Crippen LogP contribution in [0.15, 0.2) is 43.0 Å². The summed E-state index contributed by atoms with van der Waals surface area (Å²) in [6, 6.07) is 7.18. The third-order valence-corrected chi connectivity index (χ3v) is 5.32.